The third-order valence-corrected chi connectivity index (χ3v) is 6.92. The van der Waals surface area contributed by atoms with Gasteiger partial charge >= 0.3 is 0 Å². The van der Waals surface area contributed by atoms with E-state index in [0.717, 1.165) is 15.6 Å². The number of rotatable bonds is 7. The Hall–Kier alpha value is -2.81. The lowest BCUT2D eigenvalue weighted by Gasteiger charge is -2.18. The Labute approximate surface area is 174 Å². The molecule has 0 saturated carbocycles. The van der Waals surface area contributed by atoms with Crippen LogP contribution in [0.15, 0.2) is 77.5 Å². The Morgan fingerprint density at radius 1 is 1.10 bits per heavy atom. The van der Waals surface area contributed by atoms with Crippen LogP contribution in [0, 0.1) is 0 Å². The van der Waals surface area contributed by atoms with Gasteiger partial charge in [0.15, 0.2) is 5.13 Å². The van der Waals surface area contributed by atoms with E-state index in [2.05, 4.69) is 11.6 Å². The summed E-state index contributed by atoms with van der Waals surface area (Å²) < 4.78 is 25.6. The summed E-state index contributed by atoms with van der Waals surface area (Å²) in [7, 11) is -0.617. The Kier molecular flexibility index (Phi) is 6.26. The molecule has 0 aliphatic rings. The van der Waals surface area contributed by atoms with Crippen molar-refractivity contribution in [2.75, 3.05) is 25.5 Å². The summed E-state index contributed by atoms with van der Waals surface area (Å²) >= 11 is 1.37. The first-order valence-electron chi connectivity index (χ1n) is 8.81. The molecule has 150 valence electrons. The molecule has 8 heteroatoms. The highest BCUT2D eigenvalue weighted by atomic mass is 32.2. The number of nitrogens with zero attached hydrogens (tertiary/aromatic N) is 3. The summed E-state index contributed by atoms with van der Waals surface area (Å²) in [6, 6.07) is 15.6. The Morgan fingerprint density at radius 3 is 2.34 bits per heavy atom. The smallest absolute Gasteiger partial charge is 0.260 e. The van der Waals surface area contributed by atoms with Crippen LogP contribution in [0.25, 0.3) is 11.3 Å². The summed E-state index contributed by atoms with van der Waals surface area (Å²) in [5.41, 5.74) is 2.14. The van der Waals surface area contributed by atoms with Gasteiger partial charge in [0.05, 0.1) is 10.6 Å². The molecule has 0 unspecified atom stereocenters. The zero-order valence-electron chi connectivity index (χ0n) is 16.1. The molecule has 0 aliphatic carbocycles. The van der Waals surface area contributed by atoms with Crippen LogP contribution in [0.5, 0.6) is 0 Å². The molecule has 1 amide bonds. The Balaban J connectivity index is 1.89. The third-order valence-electron chi connectivity index (χ3n) is 4.23. The lowest BCUT2D eigenvalue weighted by Crippen LogP contribution is -2.31. The maximum Gasteiger partial charge on any atom is 0.260 e. The zero-order chi connectivity index (χ0) is 21.0. The average Bonchev–Trinajstić information content (AvgIpc) is 3.22. The van der Waals surface area contributed by atoms with Crippen molar-refractivity contribution < 1.29 is 13.2 Å². The SMILES string of the molecule is C=CCN(C(=O)c1ccc(S(=O)(=O)N(C)C)cc1)c1nc(-c2ccccc2)cs1. The number of anilines is 1. The molecule has 0 N–H and O–H groups in total. The largest absolute Gasteiger partial charge is 0.280 e. The second-order valence-corrected chi connectivity index (χ2v) is 9.39. The quantitative estimate of drug-likeness (QED) is 0.536. The van der Waals surface area contributed by atoms with Gasteiger partial charge in [-0.05, 0) is 24.3 Å². The average molecular weight is 428 g/mol. The van der Waals surface area contributed by atoms with Gasteiger partial charge in [-0.1, -0.05) is 36.4 Å². The maximum absolute atomic E-state index is 13.1. The highest BCUT2D eigenvalue weighted by Gasteiger charge is 2.22. The molecule has 3 aromatic rings. The monoisotopic (exact) mass is 427 g/mol. The molecule has 0 radical (unpaired) electrons. The van der Waals surface area contributed by atoms with E-state index in [1.165, 1.54) is 54.6 Å². The number of aromatic nitrogens is 1. The molecular weight excluding hydrogens is 406 g/mol. The number of sulfonamides is 1. The van der Waals surface area contributed by atoms with Crippen LogP contribution >= 0.6 is 11.3 Å². The topological polar surface area (TPSA) is 70.6 Å². The van der Waals surface area contributed by atoms with E-state index in [0.29, 0.717) is 17.2 Å². The molecule has 0 saturated heterocycles. The summed E-state index contributed by atoms with van der Waals surface area (Å²) in [5.74, 6) is -0.271. The second kappa shape index (κ2) is 8.69. The number of amides is 1. The summed E-state index contributed by atoms with van der Waals surface area (Å²) in [4.78, 5) is 19.3. The van der Waals surface area contributed by atoms with Crippen molar-refractivity contribution in [1.29, 1.82) is 0 Å². The van der Waals surface area contributed by atoms with E-state index in [-0.39, 0.29) is 10.8 Å². The zero-order valence-corrected chi connectivity index (χ0v) is 17.8. The van der Waals surface area contributed by atoms with Gasteiger partial charge in [0.25, 0.3) is 5.91 Å². The van der Waals surface area contributed by atoms with E-state index in [4.69, 9.17) is 0 Å². The molecule has 3 rings (SSSR count). The van der Waals surface area contributed by atoms with Crippen LogP contribution in [0.1, 0.15) is 10.4 Å². The van der Waals surface area contributed by atoms with Gasteiger partial charge < -0.3 is 0 Å². The fourth-order valence-electron chi connectivity index (χ4n) is 2.64. The number of carbonyl (C=O) groups excluding carboxylic acids is 1. The Morgan fingerprint density at radius 2 is 1.76 bits per heavy atom. The van der Waals surface area contributed by atoms with E-state index < -0.39 is 10.0 Å². The van der Waals surface area contributed by atoms with Crippen molar-refractivity contribution in [2.45, 2.75) is 4.90 Å². The number of benzene rings is 2. The van der Waals surface area contributed by atoms with Gasteiger partial charge in [0, 0.05) is 37.1 Å². The lowest BCUT2D eigenvalue weighted by molar-refractivity contribution is 0.0989. The molecule has 0 spiro atoms. The van der Waals surface area contributed by atoms with Gasteiger partial charge in [-0.25, -0.2) is 17.7 Å². The fraction of sp³-hybridized carbons (Fsp3) is 0.143. The van der Waals surface area contributed by atoms with Crippen LogP contribution in [-0.4, -0.2) is 44.3 Å². The van der Waals surface area contributed by atoms with Gasteiger partial charge in [0.1, 0.15) is 0 Å². The van der Waals surface area contributed by atoms with Gasteiger partial charge in [-0.3, -0.25) is 9.69 Å². The van der Waals surface area contributed by atoms with Gasteiger partial charge in [0.2, 0.25) is 10.0 Å². The van der Waals surface area contributed by atoms with E-state index >= 15 is 0 Å². The first-order valence-corrected chi connectivity index (χ1v) is 11.1. The molecule has 0 atom stereocenters. The third kappa shape index (κ3) is 4.45. The number of hydrogen-bond acceptors (Lipinski definition) is 5. The number of carbonyl (C=O) groups is 1. The normalized spacial score (nSPS) is 11.4. The maximum atomic E-state index is 13.1. The van der Waals surface area contributed by atoms with Crippen LogP contribution in [-0.2, 0) is 10.0 Å². The number of thiazole rings is 1. The predicted octanol–water partition coefficient (Wildman–Crippen LogP) is 3.89. The molecule has 1 heterocycles. The van der Waals surface area contributed by atoms with Crippen molar-refractivity contribution >= 4 is 32.4 Å². The summed E-state index contributed by atoms with van der Waals surface area (Å²) in [6.45, 7) is 4.02. The fourth-order valence-corrected chi connectivity index (χ4v) is 4.39. The minimum atomic E-state index is -3.55. The predicted molar refractivity (Wildman–Crippen MR) is 117 cm³/mol. The molecule has 0 bridgehead atoms. The minimum Gasteiger partial charge on any atom is -0.280 e. The van der Waals surface area contributed by atoms with E-state index in [1.54, 1.807) is 6.08 Å². The van der Waals surface area contributed by atoms with Gasteiger partial charge in [-0.2, -0.15) is 0 Å². The summed E-state index contributed by atoms with van der Waals surface area (Å²) in [6.07, 6.45) is 1.63. The Bertz CT molecular complexity index is 1110. The van der Waals surface area contributed by atoms with E-state index in [1.807, 2.05) is 35.7 Å². The minimum absolute atomic E-state index is 0.134. The van der Waals surface area contributed by atoms with Crippen LogP contribution in [0.4, 0.5) is 5.13 Å². The second-order valence-electron chi connectivity index (χ2n) is 6.40. The van der Waals surface area contributed by atoms with Gasteiger partial charge in [-0.15, -0.1) is 17.9 Å². The lowest BCUT2D eigenvalue weighted by atomic mass is 10.2. The molecule has 29 heavy (non-hydrogen) atoms. The highest BCUT2D eigenvalue weighted by molar-refractivity contribution is 7.89. The van der Waals surface area contributed by atoms with Crippen LogP contribution in [0.3, 0.4) is 0 Å². The van der Waals surface area contributed by atoms with Crippen molar-refractivity contribution in [3.8, 4) is 11.3 Å². The summed E-state index contributed by atoms with van der Waals surface area (Å²) in [5, 5.41) is 2.46. The van der Waals surface area contributed by atoms with Crippen molar-refractivity contribution in [1.82, 2.24) is 9.29 Å². The van der Waals surface area contributed by atoms with Crippen molar-refractivity contribution in [3.63, 3.8) is 0 Å². The number of hydrogen-bond donors (Lipinski definition) is 0. The van der Waals surface area contributed by atoms with Crippen LogP contribution in [0.2, 0.25) is 0 Å². The first kappa shape index (κ1) is 20.9. The molecule has 6 nitrogen and oxygen atoms in total. The molecule has 2 aromatic carbocycles. The van der Waals surface area contributed by atoms with Crippen molar-refractivity contribution in [2.24, 2.45) is 0 Å². The van der Waals surface area contributed by atoms with Crippen molar-refractivity contribution in [3.05, 3.63) is 78.2 Å². The highest BCUT2D eigenvalue weighted by Crippen LogP contribution is 2.28. The molecule has 0 fully saturated rings. The molecule has 1 aromatic heterocycles. The van der Waals surface area contributed by atoms with Crippen LogP contribution < -0.4 is 4.90 Å². The first-order chi connectivity index (χ1) is 13.8. The molecular formula is C21H21N3O3S2. The molecule has 0 aliphatic heterocycles. The standard InChI is InChI=1S/C21H21N3O3S2/c1-4-14-24(21-22-19(15-28-21)16-8-6-5-7-9-16)20(25)17-10-12-18(13-11-17)29(26,27)23(2)3/h4-13,15H,1,14H2,2-3H3. The van der Waals surface area contributed by atoms with E-state index in [9.17, 15) is 13.2 Å².